The number of hydrogen-bond donors (Lipinski definition) is 0. The summed E-state index contributed by atoms with van der Waals surface area (Å²) >= 11 is 0. The van der Waals surface area contributed by atoms with Crippen molar-refractivity contribution in [2.45, 2.75) is 20.8 Å². The minimum Gasteiger partial charge on any atom is -0.353 e. The lowest BCUT2D eigenvalue weighted by Crippen LogP contribution is -2.48. The van der Waals surface area contributed by atoms with Gasteiger partial charge in [-0.2, -0.15) is 0 Å². The Morgan fingerprint density at radius 3 is 2.21 bits per heavy atom. The minimum atomic E-state index is -0.0896. The Labute approximate surface area is 166 Å². The van der Waals surface area contributed by atoms with E-state index in [2.05, 4.69) is 9.88 Å². The van der Waals surface area contributed by atoms with Crippen LogP contribution in [-0.2, 0) is 4.79 Å². The zero-order chi connectivity index (χ0) is 20.1. The number of carbonyl (C=O) groups is 2. The zero-order valence-electron chi connectivity index (χ0n) is 16.8. The van der Waals surface area contributed by atoms with Crippen molar-refractivity contribution >= 4 is 17.6 Å². The molecule has 0 atom stereocenters. The van der Waals surface area contributed by atoms with Crippen LogP contribution >= 0.6 is 0 Å². The molecular weight excluding hydrogens is 354 g/mol. The van der Waals surface area contributed by atoms with E-state index < -0.39 is 0 Å². The van der Waals surface area contributed by atoms with Gasteiger partial charge in [0.15, 0.2) is 5.82 Å². The highest BCUT2D eigenvalue weighted by Crippen LogP contribution is 2.22. The molecule has 0 spiro atoms. The lowest BCUT2D eigenvalue weighted by atomic mass is 10.2. The molecule has 1 aliphatic heterocycles. The number of hydrogen-bond acceptors (Lipinski definition) is 5. The predicted octanol–water partition coefficient (Wildman–Crippen LogP) is 2.29. The Morgan fingerprint density at radius 2 is 1.64 bits per heavy atom. The average molecular weight is 381 g/mol. The highest BCUT2D eigenvalue weighted by atomic mass is 16.2. The van der Waals surface area contributed by atoms with Crippen LogP contribution in [0.3, 0.4) is 0 Å². The Bertz CT molecular complexity index is 828. The van der Waals surface area contributed by atoms with Gasteiger partial charge >= 0.3 is 0 Å². The van der Waals surface area contributed by atoms with E-state index in [0.717, 1.165) is 11.4 Å². The van der Waals surface area contributed by atoms with Crippen molar-refractivity contribution < 1.29 is 9.59 Å². The number of anilines is 1. The van der Waals surface area contributed by atoms with Gasteiger partial charge in [-0.25, -0.2) is 9.97 Å². The summed E-state index contributed by atoms with van der Waals surface area (Å²) in [6.07, 6.45) is 0. The molecule has 0 radical (unpaired) electrons. The van der Waals surface area contributed by atoms with Crippen LogP contribution in [0.4, 0.5) is 5.82 Å². The van der Waals surface area contributed by atoms with E-state index in [1.807, 2.05) is 49.1 Å². The van der Waals surface area contributed by atoms with Crippen LogP contribution in [0, 0.1) is 0 Å². The number of amides is 2. The van der Waals surface area contributed by atoms with Gasteiger partial charge < -0.3 is 14.7 Å². The molecular formula is C21H27N5O2. The Hall–Kier alpha value is -2.96. The van der Waals surface area contributed by atoms with Crippen molar-refractivity contribution in [3.63, 3.8) is 0 Å². The Balaban J connectivity index is 1.96. The molecule has 3 rings (SSSR count). The van der Waals surface area contributed by atoms with Gasteiger partial charge in [-0.15, -0.1) is 0 Å². The van der Waals surface area contributed by atoms with Crippen molar-refractivity contribution in [1.29, 1.82) is 0 Å². The SMILES string of the molecule is CCN(CC)C(=O)c1cc(N2CCN(C(C)=O)CC2)nc(-c2ccccc2)n1. The molecule has 7 heteroatoms. The van der Waals surface area contributed by atoms with Crippen LogP contribution in [-0.4, -0.2) is 70.9 Å². The van der Waals surface area contributed by atoms with E-state index in [4.69, 9.17) is 4.98 Å². The average Bonchev–Trinajstić information content (AvgIpc) is 2.75. The largest absolute Gasteiger partial charge is 0.353 e. The molecule has 1 aromatic carbocycles. The smallest absolute Gasteiger partial charge is 0.272 e. The van der Waals surface area contributed by atoms with Crippen LogP contribution in [0.25, 0.3) is 11.4 Å². The highest BCUT2D eigenvalue weighted by Gasteiger charge is 2.23. The van der Waals surface area contributed by atoms with Gasteiger partial charge in [0.1, 0.15) is 11.5 Å². The van der Waals surface area contributed by atoms with Crippen molar-refractivity contribution in [1.82, 2.24) is 19.8 Å². The maximum Gasteiger partial charge on any atom is 0.272 e. The number of nitrogens with zero attached hydrogens (tertiary/aromatic N) is 5. The Kier molecular flexibility index (Phi) is 6.23. The van der Waals surface area contributed by atoms with Gasteiger partial charge in [-0.05, 0) is 13.8 Å². The molecule has 1 fully saturated rings. The summed E-state index contributed by atoms with van der Waals surface area (Å²) in [7, 11) is 0. The predicted molar refractivity (Wildman–Crippen MR) is 109 cm³/mol. The lowest BCUT2D eigenvalue weighted by Gasteiger charge is -2.35. The van der Waals surface area contributed by atoms with Gasteiger partial charge in [0.25, 0.3) is 5.91 Å². The summed E-state index contributed by atoms with van der Waals surface area (Å²) < 4.78 is 0. The summed E-state index contributed by atoms with van der Waals surface area (Å²) in [5.41, 5.74) is 1.28. The van der Waals surface area contributed by atoms with Crippen LogP contribution in [0.15, 0.2) is 36.4 Å². The fraction of sp³-hybridized carbons (Fsp3) is 0.429. The van der Waals surface area contributed by atoms with Gasteiger partial charge in [-0.1, -0.05) is 30.3 Å². The first-order valence-electron chi connectivity index (χ1n) is 9.77. The quantitative estimate of drug-likeness (QED) is 0.795. The molecule has 28 heavy (non-hydrogen) atoms. The fourth-order valence-corrected chi connectivity index (χ4v) is 3.35. The summed E-state index contributed by atoms with van der Waals surface area (Å²) in [6.45, 7) is 9.45. The highest BCUT2D eigenvalue weighted by molar-refractivity contribution is 5.93. The maximum absolute atomic E-state index is 12.9. The molecule has 148 valence electrons. The molecule has 1 saturated heterocycles. The van der Waals surface area contributed by atoms with E-state index in [-0.39, 0.29) is 11.8 Å². The van der Waals surface area contributed by atoms with E-state index >= 15 is 0 Å². The zero-order valence-corrected chi connectivity index (χ0v) is 16.8. The maximum atomic E-state index is 12.9. The van der Waals surface area contributed by atoms with Crippen LogP contribution in [0.2, 0.25) is 0 Å². The first-order chi connectivity index (χ1) is 13.5. The summed E-state index contributed by atoms with van der Waals surface area (Å²) in [5.74, 6) is 1.27. The van der Waals surface area contributed by atoms with Gasteiger partial charge in [0.2, 0.25) is 5.91 Å². The number of rotatable bonds is 5. The van der Waals surface area contributed by atoms with Crippen LogP contribution < -0.4 is 4.90 Å². The molecule has 0 bridgehead atoms. The van der Waals surface area contributed by atoms with E-state index in [1.54, 1.807) is 17.9 Å². The second kappa shape index (κ2) is 8.82. The monoisotopic (exact) mass is 381 g/mol. The topological polar surface area (TPSA) is 69.6 Å². The third kappa shape index (κ3) is 4.30. The molecule has 1 aromatic heterocycles. The molecule has 2 heterocycles. The summed E-state index contributed by atoms with van der Waals surface area (Å²) in [6, 6.07) is 11.5. The van der Waals surface area contributed by atoms with Gasteiger partial charge in [0, 0.05) is 57.8 Å². The first kappa shape index (κ1) is 19.8. The lowest BCUT2D eigenvalue weighted by molar-refractivity contribution is -0.129. The van der Waals surface area contributed by atoms with Crippen molar-refractivity contribution in [2.24, 2.45) is 0 Å². The Morgan fingerprint density at radius 1 is 1.00 bits per heavy atom. The molecule has 0 N–H and O–H groups in total. The van der Waals surface area contributed by atoms with E-state index in [9.17, 15) is 9.59 Å². The van der Waals surface area contributed by atoms with Gasteiger partial charge in [0.05, 0.1) is 0 Å². The van der Waals surface area contributed by atoms with Gasteiger partial charge in [-0.3, -0.25) is 9.59 Å². The van der Waals surface area contributed by atoms with Crippen molar-refractivity contribution in [3.8, 4) is 11.4 Å². The molecule has 7 nitrogen and oxygen atoms in total. The third-order valence-corrected chi connectivity index (χ3v) is 5.06. The second-order valence-electron chi connectivity index (χ2n) is 6.77. The number of aromatic nitrogens is 2. The van der Waals surface area contributed by atoms with Crippen molar-refractivity contribution in [2.75, 3.05) is 44.2 Å². The molecule has 0 unspecified atom stereocenters. The van der Waals surface area contributed by atoms with E-state index in [0.29, 0.717) is 50.8 Å². The number of benzene rings is 1. The van der Waals surface area contributed by atoms with Crippen molar-refractivity contribution in [3.05, 3.63) is 42.1 Å². The first-order valence-corrected chi connectivity index (χ1v) is 9.77. The molecule has 0 aliphatic carbocycles. The molecule has 0 saturated carbocycles. The number of piperazine rings is 1. The molecule has 2 amide bonds. The fourth-order valence-electron chi connectivity index (χ4n) is 3.35. The standard InChI is InChI=1S/C21H27N5O2/c1-4-24(5-2)21(28)18-15-19(26-13-11-25(12-14-26)16(3)27)23-20(22-18)17-9-7-6-8-10-17/h6-10,15H,4-5,11-14H2,1-3H3. The summed E-state index contributed by atoms with van der Waals surface area (Å²) in [4.78, 5) is 39.5. The third-order valence-electron chi connectivity index (χ3n) is 5.06. The van der Waals surface area contributed by atoms with Crippen LogP contribution in [0.1, 0.15) is 31.3 Å². The summed E-state index contributed by atoms with van der Waals surface area (Å²) in [5, 5.41) is 0. The number of carbonyl (C=O) groups excluding carboxylic acids is 2. The normalized spacial score (nSPS) is 14.1. The minimum absolute atomic E-state index is 0.0877. The van der Waals surface area contributed by atoms with Crippen LogP contribution in [0.5, 0.6) is 0 Å². The molecule has 1 aliphatic rings. The molecule has 2 aromatic rings. The second-order valence-corrected chi connectivity index (χ2v) is 6.77. The van der Waals surface area contributed by atoms with E-state index in [1.165, 1.54) is 0 Å².